The first-order valence-corrected chi connectivity index (χ1v) is 10.5. The number of hydroxylamine groups is 2. The lowest BCUT2D eigenvalue weighted by molar-refractivity contribution is 0.132. The first-order valence-electron chi connectivity index (χ1n) is 10.5. The van der Waals surface area contributed by atoms with Gasteiger partial charge >= 0.3 is 0 Å². The van der Waals surface area contributed by atoms with E-state index in [0.29, 0.717) is 12.8 Å². The molecule has 8 nitrogen and oxygen atoms in total. The molecular formula is C24H38N2O6. The van der Waals surface area contributed by atoms with Gasteiger partial charge in [-0.25, -0.2) is 11.0 Å². The Morgan fingerprint density at radius 1 is 0.625 bits per heavy atom. The van der Waals surface area contributed by atoms with E-state index in [1.54, 1.807) is 28.4 Å². The van der Waals surface area contributed by atoms with Crippen molar-refractivity contribution in [2.75, 3.05) is 28.4 Å². The zero-order valence-corrected chi connectivity index (χ0v) is 20.4. The predicted octanol–water partition coefficient (Wildman–Crippen LogP) is 3.84. The summed E-state index contributed by atoms with van der Waals surface area (Å²) in [5, 5.41) is 17.6. The fraction of sp³-hybridized carbons (Fsp3) is 0.500. The van der Waals surface area contributed by atoms with E-state index in [-0.39, 0.29) is 12.1 Å². The molecule has 2 rings (SSSR count). The first kappa shape index (κ1) is 27.5. The minimum absolute atomic E-state index is 0.0266. The van der Waals surface area contributed by atoms with Crippen molar-refractivity contribution in [3.63, 3.8) is 0 Å². The number of benzene rings is 2. The van der Waals surface area contributed by atoms with E-state index in [4.69, 9.17) is 29.4 Å². The van der Waals surface area contributed by atoms with E-state index in [9.17, 15) is 0 Å². The van der Waals surface area contributed by atoms with Crippen LogP contribution in [0.1, 0.15) is 36.1 Å². The van der Waals surface area contributed by atoms with Gasteiger partial charge in [0.05, 0.1) is 28.4 Å². The molecule has 0 spiro atoms. The van der Waals surface area contributed by atoms with Crippen molar-refractivity contribution in [3.05, 3.63) is 46.5 Å². The Balaban J connectivity index is 0.000000320. The second kappa shape index (κ2) is 13.8. The molecule has 32 heavy (non-hydrogen) atoms. The zero-order chi connectivity index (χ0) is 24.3. The summed E-state index contributed by atoms with van der Waals surface area (Å²) in [5.74, 6) is 3.31. The molecule has 4 N–H and O–H groups in total. The van der Waals surface area contributed by atoms with E-state index in [1.807, 2.05) is 52.0 Å². The third-order valence-corrected chi connectivity index (χ3v) is 5.09. The van der Waals surface area contributed by atoms with Crippen LogP contribution in [0.4, 0.5) is 0 Å². The molecule has 2 atom stereocenters. The highest BCUT2D eigenvalue weighted by Gasteiger charge is 2.12. The topological polar surface area (TPSA) is 101 Å². The quantitative estimate of drug-likeness (QED) is 0.405. The lowest BCUT2D eigenvalue weighted by Gasteiger charge is -2.15. The van der Waals surface area contributed by atoms with E-state index in [0.717, 1.165) is 45.3 Å². The molecule has 0 aliphatic carbocycles. The molecule has 180 valence electrons. The Labute approximate surface area is 191 Å². The predicted molar refractivity (Wildman–Crippen MR) is 125 cm³/mol. The summed E-state index contributed by atoms with van der Waals surface area (Å²) in [6.45, 7) is 7.73. The van der Waals surface area contributed by atoms with Gasteiger partial charge in [-0.15, -0.1) is 0 Å². The molecule has 0 bridgehead atoms. The van der Waals surface area contributed by atoms with Gasteiger partial charge in [0.2, 0.25) is 0 Å². The zero-order valence-electron chi connectivity index (χ0n) is 20.4. The molecule has 2 aromatic rings. The van der Waals surface area contributed by atoms with Crippen molar-refractivity contribution in [3.8, 4) is 23.0 Å². The van der Waals surface area contributed by atoms with Crippen LogP contribution in [0, 0.1) is 13.8 Å². The Morgan fingerprint density at radius 2 is 0.938 bits per heavy atom. The molecule has 0 aliphatic rings. The highest BCUT2D eigenvalue weighted by Crippen LogP contribution is 2.30. The van der Waals surface area contributed by atoms with Crippen LogP contribution < -0.4 is 29.9 Å². The molecule has 0 aromatic heterocycles. The summed E-state index contributed by atoms with van der Waals surface area (Å²) in [5.41, 5.74) is 8.54. The van der Waals surface area contributed by atoms with Gasteiger partial charge in [0.1, 0.15) is 23.0 Å². The summed E-state index contributed by atoms with van der Waals surface area (Å²) in [4.78, 5) is 0. The van der Waals surface area contributed by atoms with Gasteiger partial charge in [-0.05, 0) is 87.1 Å². The van der Waals surface area contributed by atoms with Crippen LogP contribution in [0.5, 0.6) is 23.0 Å². The van der Waals surface area contributed by atoms with Crippen molar-refractivity contribution in [1.29, 1.82) is 0 Å². The van der Waals surface area contributed by atoms with E-state index in [2.05, 4.69) is 11.0 Å². The Bertz CT molecular complexity index is 774. The van der Waals surface area contributed by atoms with Crippen LogP contribution in [-0.4, -0.2) is 50.9 Å². The van der Waals surface area contributed by atoms with Crippen molar-refractivity contribution >= 4 is 0 Å². The molecule has 0 unspecified atom stereocenters. The molecule has 0 fully saturated rings. The molecule has 2 aromatic carbocycles. The largest absolute Gasteiger partial charge is 0.496 e. The van der Waals surface area contributed by atoms with Gasteiger partial charge in [-0.3, -0.25) is 0 Å². The van der Waals surface area contributed by atoms with Crippen molar-refractivity contribution in [1.82, 2.24) is 11.0 Å². The minimum Gasteiger partial charge on any atom is -0.496 e. The smallest absolute Gasteiger partial charge is 0.122 e. The molecular weight excluding hydrogens is 412 g/mol. The fourth-order valence-electron chi connectivity index (χ4n) is 3.30. The second-order valence-corrected chi connectivity index (χ2v) is 7.74. The van der Waals surface area contributed by atoms with Crippen LogP contribution in [0.3, 0.4) is 0 Å². The van der Waals surface area contributed by atoms with Gasteiger partial charge in [0.25, 0.3) is 0 Å². The summed E-state index contributed by atoms with van der Waals surface area (Å²) >= 11 is 0. The summed E-state index contributed by atoms with van der Waals surface area (Å²) < 4.78 is 21.1. The van der Waals surface area contributed by atoms with Gasteiger partial charge in [-0.2, -0.15) is 0 Å². The summed E-state index contributed by atoms with van der Waals surface area (Å²) in [7, 11) is 6.57. The third-order valence-electron chi connectivity index (χ3n) is 5.09. The van der Waals surface area contributed by atoms with E-state index < -0.39 is 0 Å². The maximum atomic E-state index is 8.82. The van der Waals surface area contributed by atoms with Crippen LogP contribution in [0.15, 0.2) is 24.3 Å². The van der Waals surface area contributed by atoms with Crippen LogP contribution >= 0.6 is 0 Å². The summed E-state index contributed by atoms with van der Waals surface area (Å²) in [6, 6.07) is 7.73. The van der Waals surface area contributed by atoms with Gasteiger partial charge in [-0.1, -0.05) is 0 Å². The number of rotatable bonds is 10. The van der Waals surface area contributed by atoms with Crippen molar-refractivity contribution < 1.29 is 29.4 Å². The van der Waals surface area contributed by atoms with E-state index in [1.165, 1.54) is 0 Å². The third kappa shape index (κ3) is 7.87. The number of aryl methyl sites for hydroxylation is 2. The van der Waals surface area contributed by atoms with Crippen molar-refractivity contribution in [2.45, 2.75) is 52.6 Å². The normalized spacial score (nSPS) is 12.3. The molecule has 0 saturated heterocycles. The van der Waals surface area contributed by atoms with Gasteiger partial charge in [0.15, 0.2) is 0 Å². The molecule has 0 heterocycles. The molecule has 0 aliphatic heterocycles. The highest BCUT2D eigenvalue weighted by molar-refractivity contribution is 5.47. The SMILES string of the molecule is COc1cc(C[C@@H](C)NO)c(OC)cc1C.COc1cc(C[C@H](C)NO)c(OC)cc1C. The Kier molecular flexibility index (Phi) is 11.9. The maximum absolute atomic E-state index is 8.82. The van der Waals surface area contributed by atoms with Crippen molar-refractivity contribution in [2.24, 2.45) is 0 Å². The number of nitrogens with one attached hydrogen (secondary N) is 2. The minimum atomic E-state index is -0.0266. The van der Waals surface area contributed by atoms with Crippen LogP contribution in [0.2, 0.25) is 0 Å². The van der Waals surface area contributed by atoms with Crippen LogP contribution in [-0.2, 0) is 12.8 Å². The lowest BCUT2D eigenvalue weighted by atomic mass is 10.0. The van der Waals surface area contributed by atoms with E-state index >= 15 is 0 Å². The van der Waals surface area contributed by atoms with Gasteiger partial charge < -0.3 is 29.4 Å². The Morgan fingerprint density at radius 3 is 1.19 bits per heavy atom. The summed E-state index contributed by atoms with van der Waals surface area (Å²) in [6.07, 6.45) is 1.35. The van der Waals surface area contributed by atoms with Crippen LogP contribution in [0.25, 0.3) is 0 Å². The first-order chi connectivity index (χ1) is 15.2. The average molecular weight is 451 g/mol. The highest BCUT2D eigenvalue weighted by atomic mass is 16.5. The molecule has 8 heteroatoms. The number of ether oxygens (including phenoxy) is 4. The average Bonchev–Trinajstić information content (AvgIpc) is 2.80. The second-order valence-electron chi connectivity index (χ2n) is 7.74. The molecule has 0 amide bonds. The molecule has 0 saturated carbocycles. The number of hydrogen-bond donors (Lipinski definition) is 4. The Hall–Kier alpha value is -2.52. The lowest BCUT2D eigenvalue weighted by Crippen LogP contribution is -2.24. The number of hydrogen-bond acceptors (Lipinski definition) is 8. The fourth-order valence-corrected chi connectivity index (χ4v) is 3.30. The molecule has 0 radical (unpaired) electrons. The standard InChI is InChI=1S/2C12H19NO3/c2*1-8-5-12(16-4)10(6-9(2)13-14)7-11(8)15-3/h2*5,7,9,13-14H,6H2,1-4H3/t2*9-/m10/s1. The number of methoxy groups -OCH3 is 4. The van der Waals surface area contributed by atoms with Gasteiger partial charge in [0, 0.05) is 12.1 Å². The maximum Gasteiger partial charge on any atom is 0.122 e. The monoisotopic (exact) mass is 450 g/mol.